The molecule has 4 heteroatoms. The largest absolute Gasteiger partial charge is 0.465 e. The first-order valence-corrected chi connectivity index (χ1v) is 14.4. The molecule has 0 saturated heterocycles. The van der Waals surface area contributed by atoms with Gasteiger partial charge in [0.25, 0.3) is 0 Å². The number of carbonyl (C=O) groups excluding carboxylic acids is 2. The van der Waals surface area contributed by atoms with Gasteiger partial charge >= 0.3 is 11.9 Å². The van der Waals surface area contributed by atoms with Gasteiger partial charge in [-0.25, -0.2) is 0 Å². The van der Waals surface area contributed by atoms with Crippen LogP contribution in [0.25, 0.3) is 0 Å². The highest BCUT2D eigenvalue weighted by Crippen LogP contribution is 2.53. The molecule has 2 saturated carbocycles. The molecular formula is C29H52O4. The number of esters is 2. The molecule has 0 amide bonds. The lowest BCUT2D eigenvalue weighted by Crippen LogP contribution is -2.38. The van der Waals surface area contributed by atoms with Crippen molar-refractivity contribution >= 4 is 11.9 Å². The topological polar surface area (TPSA) is 52.6 Å². The predicted molar refractivity (Wildman–Crippen MR) is 135 cm³/mol. The first kappa shape index (κ1) is 28.2. The lowest BCUT2D eigenvalue weighted by molar-refractivity contribution is -0.165. The highest BCUT2D eigenvalue weighted by atomic mass is 16.5. The van der Waals surface area contributed by atoms with Crippen LogP contribution in [0.15, 0.2) is 0 Å². The molecule has 192 valence electrons. The first-order chi connectivity index (χ1) is 16.0. The van der Waals surface area contributed by atoms with Gasteiger partial charge in [0.05, 0.1) is 25.0 Å². The van der Waals surface area contributed by atoms with Crippen LogP contribution in [0.2, 0.25) is 0 Å². The summed E-state index contributed by atoms with van der Waals surface area (Å²) in [5, 5.41) is 0. The van der Waals surface area contributed by atoms with Gasteiger partial charge in [0.2, 0.25) is 0 Å². The first-order valence-electron chi connectivity index (χ1n) is 14.4. The molecule has 0 N–H and O–H groups in total. The summed E-state index contributed by atoms with van der Waals surface area (Å²) >= 11 is 0. The number of hydrogen-bond acceptors (Lipinski definition) is 4. The minimum absolute atomic E-state index is 0.131. The van der Waals surface area contributed by atoms with Crippen LogP contribution >= 0.6 is 0 Å². The van der Waals surface area contributed by atoms with Crippen molar-refractivity contribution in [3.63, 3.8) is 0 Å². The summed E-state index contributed by atoms with van der Waals surface area (Å²) in [5.74, 6) is 0.696. The number of unbranched alkanes of at least 4 members (excludes halogenated alkanes) is 4. The molecule has 6 unspecified atom stereocenters. The molecule has 4 nitrogen and oxygen atoms in total. The smallest absolute Gasteiger partial charge is 0.310 e. The number of rotatable bonds is 18. The fraction of sp³-hybridized carbons (Fsp3) is 0.931. The van der Waals surface area contributed by atoms with E-state index in [4.69, 9.17) is 9.47 Å². The average Bonchev–Trinajstić information content (AvgIpc) is 3.43. The maximum absolute atomic E-state index is 13.2. The van der Waals surface area contributed by atoms with Gasteiger partial charge in [-0.3, -0.25) is 9.59 Å². The number of fused-ring (bicyclic) bond motifs is 2. The predicted octanol–water partition coefficient (Wildman–Crippen LogP) is 7.73. The summed E-state index contributed by atoms with van der Waals surface area (Å²) < 4.78 is 11.8. The van der Waals surface area contributed by atoms with Crippen molar-refractivity contribution in [2.24, 2.45) is 35.5 Å². The molecule has 0 heterocycles. The summed E-state index contributed by atoms with van der Waals surface area (Å²) in [6.45, 7) is 9.87. The fourth-order valence-corrected chi connectivity index (χ4v) is 6.37. The molecular weight excluding hydrogens is 412 g/mol. The SMILES string of the molecule is CCCCCC(CCC)COC(=O)C1C2CCC(C2)C1C(=O)OCC(CCC)CCCCC. The average molecular weight is 465 g/mol. The monoisotopic (exact) mass is 464 g/mol. The van der Waals surface area contributed by atoms with E-state index in [0.717, 1.165) is 57.8 Å². The van der Waals surface area contributed by atoms with Crippen molar-refractivity contribution in [2.45, 2.75) is 124 Å². The fourth-order valence-electron chi connectivity index (χ4n) is 6.37. The van der Waals surface area contributed by atoms with Crippen LogP contribution in [-0.2, 0) is 19.1 Å². The van der Waals surface area contributed by atoms with E-state index >= 15 is 0 Å². The Morgan fingerprint density at radius 2 is 1.06 bits per heavy atom. The summed E-state index contributed by atoms with van der Waals surface area (Å²) in [5.41, 5.74) is 0. The van der Waals surface area contributed by atoms with Crippen LogP contribution in [0.4, 0.5) is 0 Å². The maximum Gasteiger partial charge on any atom is 0.310 e. The van der Waals surface area contributed by atoms with E-state index in [1.807, 2.05) is 0 Å². The molecule has 2 aliphatic rings. The second-order valence-electron chi connectivity index (χ2n) is 10.9. The maximum atomic E-state index is 13.2. The van der Waals surface area contributed by atoms with Gasteiger partial charge in [0, 0.05) is 0 Å². The van der Waals surface area contributed by atoms with E-state index in [9.17, 15) is 9.59 Å². The van der Waals surface area contributed by atoms with E-state index in [0.29, 0.717) is 36.9 Å². The Morgan fingerprint density at radius 3 is 1.42 bits per heavy atom. The molecule has 0 spiro atoms. The molecule has 33 heavy (non-hydrogen) atoms. The van der Waals surface area contributed by atoms with Gasteiger partial charge in [-0.2, -0.15) is 0 Å². The Kier molecular flexibility index (Phi) is 13.5. The van der Waals surface area contributed by atoms with Crippen LogP contribution < -0.4 is 0 Å². The van der Waals surface area contributed by atoms with E-state index in [1.54, 1.807) is 0 Å². The summed E-state index contributed by atoms with van der Waals surface area (Å²) in [4.78, 5) is 26.3. The van der Waals surface area contributed by atoms with E-state index in [2.05, 4.69) is 27.7 Å². The van der Waals surface area contributed by atoms with Crippen molar-refractivity contribution < 1.29 is 19.1 Å². The zero-order valence-electron chi connectivity index (χ0n) is 22.1. The number of ether oxygens (including phenoxy) is 2. The standard InChI is InChI=1S/C29H52O4/c1-5-9-11-15-22(13-7-3)20-32-28(30)26-24-17-18-25(19-24)27(26)29(31)33-21-23(14-8-4)16-12-10-6-2/h22-27H,5-21H2,1-4H3. The molecule has 2 aliphatic carbocycles. The molecule has 2 rings (SSSR count). The van der Waals surface area contributed by atoms with Crippen molar-refractivity contribution in [1.29, 1.82) is 0 Å². The molecule has 0 aromatic carbocycles. The minimum Gasteiger partial charge on any atom is -0.465 e. The molecule has 0 aromatic rings. The second-order valence-corrected chi connectivity index (χ2v) is 10.9. The van der Waals surface area contributed by atoms with Crippen LogP contribution in [-0.4, -0.2) is 25.2 Å². The minimum atomic E-state index is -0.279. The van der Waals surface area contributed by atoms with Gasteiger partial charge in [0.1, 0.15) is 0 Å². The number of carbonyl (C=O) groups is 2. The molecule has 0 aliphatic heterocycles. The van der Waals surface area contributed by atoms with Crippen LogP contribution in [0.1, 0.15) is 124 Å². The van der Waals surface area contributed by atoms with Crippen molar-refractivity contribution in [1.82, 2.24) is 0 Å². The summed E-state index contributed by atoms with van der Waals surface area (Å²) in [7, 11) is 0. The highest BCUT2D eigenvalue weighted by Gasteiger charge is 2.55. The van der Waals surface area contributed by atoms with Gasteiger partial charge in [-0.1, -0.05) is 79.1 Å². The Balaban J connectivity index is 1.90. The van der Waals surface area contributed by atoms with Gasteiger partial charge < -0.3 is 9.47 Å². The van der Waals surface area contributed by atoms with Gasteiger partial charge in [-0.15, -0.1) is 0 Å². The van der Waals surface area contributed by atoms with E-state index < -0.39 is 0 Å². The van der Waals surface area contributed by atoms with Crippen molar-refractivity contribution in [2.75, 3.05) is 13.2 Å². The summed E-state index contributed by atoms with van der Waals surface area (Å²) in [6, 6.07) is 0. The number of hydrogen-bond donors (Lipinski definition) is 0. The Bertz CT molecular complexity index is 512. The van der Waals surface area contributed by atoms with E-state index in [-0.39, 0.29) is 23.8 Å². The summed E-state index contributed by atoms with van der Waals surface area (Å²) in [6.07, 6.45) is 17.1. The van der Waals surface area contributed by atoms with Gasteiger partial charge in [0.15, 0.2) is 0 Å². The van der Waals surface area contributed by atoms with Crippen molar-refractivity contribution in [3.8, 4) is 0 Å². The molecule has 0 radical (unpaired) electrons. The lowest BCUT2D eigenvalue weighted by Gasteiger charge is -2.29. The van der Waals surface area contributed by atoms with Gasteiger partial charge in [-0.05, 0) is 68.6 Å². The van der Waals surface area contributed by atoms with Crippen molar-refractivity contribution in [3.05, 3.63) is 0 Å². The Morgan fingerprint density at radius 1 is 0.636 bits per heavy atom. The second kappa shape index (κ2) is 15.8. The third kappa shape index (κ3) is 8.91. The Hall–Kier alpha value is -1.06. The third-order valence-corrected chi connectivity index (χ3v) is 8.21. The van der Waals surface area contributed by atoms with Crippen LogP contribution in [0.5, 0.6) is 0 Å². The lowest BCUT2D eigenvalue weighted by atomic mass is 9.79. The third-order valence-electron chi connectivity index (χ3n) is 8.21. The van der Waals surface area contributed by atoms with Crippen LogP contribution in [0, 0.1) is 35.5 Å². The Labute approximate surface area is 203 Å². The quantitative estimate of drug-likeness (QED) is 0.154. The zero-order valence-corrected chi connectivity index (χ0v) is 22.1. The molecule has 6 atom stereocenters. The van der Waals surface area contributed by atoms with E-state index in [1.165, 1.54) is 38.5 Å². The highest BCUT2D eigenvalue weighted by molar-refractivity contribution is 5.83. The normalized spacial score (nSPS) is 25.7. The zero-order chi connectivity index (χ0) is 24.1. The molecule has 2 fully saturated rings. The molecule has 0 aromatic heterocycles. The van der Waals surface area contributed by atoms with Crippen LogP contribution in [0.3, 0.4) is 0 Å². The molecule has 2 bridgehead atoms.